The molecule has 4 heteroatoms. The van der Waals surface area contributed by atoms with Crippen molar-refractivity contribution in [3.63, 3.8) is 0 Å². The molecule has 0 radical (unpaired) electrons. The summed E-state index contributed by atoms with van der Waals surface area (Å²) < 4.78 is 9.55. The smallest absolute Gasteiger partial charge is 0.343 e. The van der Waals surface area contributed by atoms with E-state index in [0.717, 1.165) is 11.1 Å². The molecule has 4 nitrogen and oxygen atoms in total. The predicted molar refractivity (Wildman–Crippen MR) is 55.1 cm³/mol. The van der Waals surface area contributed by atoms with Gasteiger partial charge in [0.05, 0.1) is 7.11 Å². The fraction of sp³-hybridized carbons (Fsp3) is 0.364. The third-order valence-corrected chi connectivity index (χ3v) is 1.98. The van der Waals surface area contributed by atoms with Gasteiger partial charge in [0.25, 0.3) is 0 Å². The molecule has 0 fully saturated rings. The van der Waals surface area contributed by atoms with Crippen molar-refractivity contribution in [2.75, 3.05) is 13.7 Å². The van der Waals surface area contributed by atoms with Crippen molar-refractivity contribution in [3.05, 3.63) is 23.3 Å². The topological polar surface area (TPSA) is 55.8 Å². The fourth-order valence-electron chi connectivity index (χ4n) is 1.23. The molecule has 0 aromatic heterocycles. The second kappa shape index (κ2) is 4.68. The number of rotatable bonds is 3. The van der Waals surface area contributed by atoms with Gasteiger partial charge in [-0.3, -0.25) is 0 Å². The van der Waals surface area contributed by atoms with Gasteiger partial charge in [-0.1, -0.05) is 6.07 Å². The molecule has 0 amide bonds. The Hall–Kier alpha value is -1.71. The van der Waals surface area contributed by atoms with Gasteiger partial charge in [0.1, 0.15) is 0 Å². The number of benzene rings is 1. The van der Waals surface area contributed by atoms with Gasteiger partial charge in [0.2, 0.25) is 0 Å². The Morgan fingerprint density at radius 3 is 2.67 bits per heavy atom. The van der Waals surface area contributed by atoms with E-state index in [4.69, 9.17) is 4.74 Å². The van der Waals surface area contributed by atoms with Crippen LogP contribution in [0.25, 0.3) is 0 Å². The third-order valence-electron chi connectivity index (χ3n) is 1.98. The van der Waals surface area contributed by atoms with Crippen molar-refractivity contribution in [1.29, 1.82) is 0 Å². The number of methoxy groups -OCH3 is 1. The van der Waals surface area contributed by atoms with Crippen LogP contribution in [0.15, 0.2) is 12.1 Å². The van der Waals surface area contributed by atoms with E-state index >= 15 is 0 Å². The van der Waals surface area contributed by atoms with Gasteiger partial charge in [-0.05, 0) is 31.0 Å². The van der Waals surface area contributed by atoms with E-state index in [-0.39, 0.29) is 12.4 Å². The van der Waals surface area contributed by atoms with E-state index in [2.05, 4.69) is 4.74 Å². The number of carbonyl (C=O) groups is 1. The van der Waals surface area contributed by atoms with Crippen LogP contribution < -0.4 is 4.74 Å². The predicted octanol–water partition coefficient (Wildman–Crippen LogP) is 1.56. The first-order valence-corrected chi connectivity index (χ1v) is 4.54. The molecule has 0 saturated carbocycles. The van der Waals surface area contributed by atoms with Crippen LogP contribution in [-0.2, 0) is 9.53 Å². The lowest BCUT2D eigenvalue weighted by Crippen LogP contribution is -2.12. The summed E-state index contributed by atoms with van der Waals surface area (Å²) in [5.41, 5.74) is 1.68. The molecule has 0 heterocycles. The van der Waals surface area contributed by atoms with Crippen molar-refractivity contribution in [2.45, 2.75) is 13.8 Å². The minimum atomic E-state index is -0.478. The molecule has 15 heavy (non-hydrogen) atoms. The van der Waals surface area contributed by atoms with Crippen molar-refractivity contribution in [3.8, 4) is 11.5 Å². The molecular weight excluding hydrogens is 196 g/mol. The first-order valence-electron chi connectivity index (χ1n) is 4.54. The van der Waals surface area contributed by atoms with Gasteiger partial charge in [-0.25, -0.2) is 4.79 Å². The number of esters is 1. The molecule has 0 unspecified atom stereocenters. The summed E-state index contributed by atoms with van der Waals surface area (Å²) in [6, 6.07) is 3.51. The minimum Gasteiger partial charge on any atom is -0.504 e. The number of carbonyl (C=O) groups excluding carboxylic acids is 1. The van der Waals surface area contributed by atoms with Crippen molar-refractivity contribution in [2.24, 2.45) is 0 Å². The zero-order chi connectivity index (χ0) is 11.4. The molecule has 82 valence electrons. The van der Waals surface area contributed by atoms with Crippen LogP contribution in [0.4, 0.5) is 0 Å². The Bertz CT molecular complexity index is 371. The summed E-state index contributed by atoms with van der Waals surface area (Å²) in [5, 5.41) is 9.63. The number of aryl methyl sites for hydroxylation is 2. The average molecular weight is 210 g/mol. The van der Waals surface area contributed by atoms with Crippen molar-refractivity contribution in [1.82, 2.24) is 0 Å². The lowest BCUT2D eigenvalue weighted by molar-refractivity contribution is -0.142. The summed E-state index contributed by atoms with van der Waals surface area (Å²) in [5.74, 6) is -0.115. The highest BCUT2D eigenvalue weighted by molar-refractivity contribution is 5.71. The lowest BCUT2D eigenvalue weighted by atomic mass is 10.1. The Labute approximate surface area is 88.4 Å². The summed E-state index contributed by atoms with van der Waals surface area (Å²) in [6.07, 6.45) is 0. The van der Waals surface area contributed by atoms with Crippen LogP contribution in [0.1, 0.15) is 11.1 Å². The van der Waals surface area contributed by atoms with Crippen molar-refractivity contribution < 1.29 is 19.4 Å². The average Bonchev–Trinajstić information content (AvgIpc) is 2.20. The second-order valence-corrected chi connectivity index (χ2v) is 3.29. The molecule has 1 aromatic rings. The third kappa shape index (κ3) is 2.87. The molecule has 0 aliphatic rings. The first kappa shape index (κ1) is 11.4. The highest BCUT2D eigenvalue weighted by atomic mass is 16.6. The molecule has 0 aliphatic heterocycles. The fourth-order valence-corrected chi connectivity index (χ4v) is 1.23. The van der Waals surface area contributed by atoms with Gasteiger partial charge >= 0.3 is 5.97 Å². The molecule has 1 N–H and O–H groups in total. The number of phenolic OH excluding ortho intramolecular Hbond substituents is 1. The highest BCUT2D eigenvalue weighted by Gasteiger charge is 2.09. The van der Waals surface area contributed by atoms with E-state index in [0.29, 0.717) is 5.75 Å². The summed E-state index contributed by atoms with van der Waals surface area (Å²) in [4.78, 5) is 10.8. The number of hydrogen-bond acceptors (Lipinski definition) is 4. The quantitative estimate of drug-likeness (QED) is 0.769. The summed E-state index contributed by atoms with van der Waals surface area (Å²) in [6.45, 7) is 3.46. The molecule has 0 saturated heterocycles. The largest absolute Gasteiger partial charge is 0.504 e. The lowest BCUT2D eigenvalue weighted by Gasteiger charge is -2.09. The number of ether oxygens (including phenoxy) is 2. The molecule has 0 aliphatic carbocycles. The Morgan fingerprint density at radius 1 is 1.40 bits per heavy atom. The maximum Gasteiger partial charge on any atom is 0.343 e. The van der Waals surface area contributed by atoms with Gasteiger partial charge in [0, 0.05) is 0 Å². The maximum atomic E-state index is 10.8. The second-order valence-electron chi connectivity index (χ2n) is 3.29. The number of phenols is 1. The van der Waals surface area contributed by atoms with Crippen LogP contribution in [-0.4, -0.2) is 24.8 Å². The van der Waals surface area contributed by atoms with Gasteiger partial charge in [0.15, 0.2) is 18.1 Å². The van der Waals surface area contributed by atoms with Crippen molar-refractivity contribution >= 4 is 5.97 Å². The van der Waals surface area contributed by atoms with Gasteiger partial charge in [-0.2, -0.15) is 0 Å². The Balaban J connectivity index is 2.81. The monoisotopic (exact) mass is 210 g/mol. The van der Waals surface area contributed by atoms with Gasteiger partial charge < -0.3 is 14.6 Å². The van der Waals surface area contributed by atoms with Crippen LogP contribution in [0.5, 0.6) is 11.5 Å². The molecule has 0 spiro atoms. The normalized spacial score (nSPS) is 9.80. The van der Waals surface area contributed by atoms with Crippen LogP contribution >= 0.6 is 0 Å². The van der Waals surface area contributed by atoms with Gasteiger partial charge in [-0.15, -0.1) is 0 Å². The first-order chi connectivity index (χ1) is 7.04. The molecule has 0 bridgehead atoms. The van der Waals surface area contributed by atoms with E-state index in [1.54, 1.807) is 13.0 Å². The zero-order valence-corrected chi connectivity index (χ0v) is 9.03. The number of hydrogen-bond donors (Lipinski definition) is 1. The summed E-state index contributed by atoms with van der Waals surface area (Å²) >= 11 is 0. The van der Waals surface area contributed by atoms with E-state index in [1.165, 1.54) is 7.11 Å². The standard InChI is InChI=1S/C11H14O4/c1-7-4-8(2)11(13)9(5-7)15-6-10(12)14-3/h4-5,13H,6H2,1-3H3. The Morgan fingerprint density at radius 2 is 2.07 bits per heavy atom. The zero-order valence-electron chi connectivity index (χ0n) is 9.03. The molecular formula is C11H14O4. The van der Waals surface area contributed by atoms with E-state index in [1.807, 2.05) is 13.0 Å². The maximum absolute atomic E-state index is 10.8. The molecule has 1 aromatic carbocycles. The SMILES string of the molecule is COC(=O)COc1cc(C)cc(C)c1O. The van der Waals surface area contributed by atoms with Crippen LogP contribution in [0.2, 0.25) is 0 Å². The molecule has 0 atom stereocenters. The number of aromatic hydroxyl groups is 1. The van der Waals surface area contributed by atoms with E-state index in [9.17, 15) is 9.90 Å². The molecule has 1 rings (SSSR count). The highest BCUT2D eigenvalue weighted by Crippen LogP contribution is 2.30. The minimum absolute atomic E-state index is 0.0597. The summed E-state index contributed by atoms with van der Waals surface area (Å²) in [7, 11) is 1.28. The van der Waals surface area contributed by atoms with Crippen LogP contribution in [0.3, 0.4) is 0 Å². The van der Waals surface area contributed by atoms with E-state index < -0.39 is 5.97 Å². The Kier molecular flexibility index (Phi) is 3.55. The van der Waals surface area contributed by atoms with Crippen LogP contribution in [0, 0.1) is 13.8 Å².